The number of anilines is 1. The summed E-state index contributed by atoms with van der Waals surface area (Å²) in [6, 6.07) is 22.4. The minimum absolute atomic E-state index is 0.187. The predicted molar refractivity (Wildman–Crippen MR) is 141 cm³/mol. The molecule has 0 aromatic heterocycles. The molecule has 0 fully saturated rings. The van der Waals surface area contributed by atoms with E-state index in [9.17, 15) is 15.0 Å². The van der Waals surface area contributed by atoms with Gasteiger partial charge in [-0.2, -0.15) is 0 Å². The maximum atomic E-state index is 11.6. The zero-order chi connectivity index (χ0) is 26.2. The highest BCUT2D eigenvalue weighted by Gasteiger charge is 2.26. The van der Waals surface area contributed by atoms with E-state index in [4.69, 9.17) is 14.2 Å². The zero-order valence-corrected chi connectivity index (χ0v) is 21.2. The van der Waals surface area contributed by atoms with Gasteiger partial charge in [-0.15, -0.1) is 0 Å². The first-order valence-corrected chi connectivity index (χ1v) is 12.4. The quantitative estimate of drug-likeness (QED) is 0.327. The number of carboxylic acid groups (broad SMARTS) is 1. The first-order chi connectivity index (χ1) is 17.9. The molecule has 8 heteroatoms. The van der Waals surface area contributed by atoms with Gasteiger partial charge >= 0.3 is 6.09 Å². The molecule has 8 nitrogen and oxygen atoms in total. The van der Waals surface area contributed by atoms with Crippen molar-refractivity contribution in [2.24, 2.45) is 5.92 Å². The molecule has 0 unspecified atom stereocenters. The number of ether oxygens (including phenoxy) is 3. The van der Waals surface area contributed by atoms with Crippen LogP contribution in [0.25, 0.3) is 0 Å². The molecule has 0 spiro atoms. The first kappa shape index (κ1) is 26.2. The van der Waals surface area contributed by atoms with E-state index < -0.39 is 18.2 Å². The number of benzene rings is 3. The Kier molecular flexibility index (Phi) is 8.74. The van der Waals surface area contributed by atoms with E-state index in [-0.39, 0.29) is 13.3 Å². The van der Waals surface area contributed by atoms with Crippen LogP contribution in [-0.2, 0) is 13.0 Å². The Labute approximate surface area is 217 Å². The lowest BCUT2D eigenvalue weighted by atomic mass is 10.00. The summed E-state index contributed by atoms with van der Waals surface area (Å²) in [7, 11) is 0. The second-order valence-corrected chi connectivity index (χ2v) is 9.58. The Morgan fingerprint density at radius 1 is 0.973 bits per heavy atom. The molecular formula is C29H34N2O6. The summed E-state index contributed by atoms with van der Waals surface area (Å²) in [5, 5.41) is 23.1. The van der Waals surface area contributed by atoms with Crippen molar-refractivity contribution in [2.75, 3.05) is 24.8 Å². The van der Waals surface area contributed by atoms with Crippen molar-refractivity contribution in [1.82, 2.24) is 5.32 Å². The molecule has 3 N–H and O–H groups in total. The Morgan fingerprint density at radius 2 is 1.70 bits per heavy atom. The summed E-state index contributed by atoms with van der Waals surface area (Å²) in [5.74, 6) is 2.40. The molecule has 1 heterocycles. The van der Waals surface area contributed by atoms with E-state index in [0.717, 1.165) is 22.6 Å². The van der Waals surface area contributed by atoms with E-state index in [1.807, 2.05) is 77.7 Å². The summed E-state index contributed by atoms with van der Waals surface area (Å²) < 4.78 is 16.8. The van der Waals surface area contributed by atoms with Gasteiger partial charge in [0, 0.05) is 24.8 Å². The molecule has 0 saturated heterocycles. The number of hydrogen-bond acceptors (Lipinski definition) is 6. The van der Waals surface area contributed by atoms with Gasteiger partial charge in [-0.3, -0.25) is 0 Å². The number of fused-ring (bicyclic) bond motifs is 1. The van der Waals surface area contributed by atoms with Crippen molar-refractivity contribution in [3.8, 4) is 17.2 Å². The summed E-state index contributed by atoms with van der Waals surface area (Å²) in [5.41, 5.74) is 2.85. The predicted octanol–water partition coefficient (Wildman–Crippen LogP) is 4.70. The van der Waals surface area contributed by atoms with Gasteiger partial charge in [-0.05, 0) is 47.7 Å². The van der Waals surface area contributed by atoms with Gasteiger partial charge in [0.2, 0.25) is 6.79 Å². The molecule has 0 bridgehead atoms. The Balaban J connectivity index is 1.42. The zero-order valence-electron chi connectivity index (χ0n) is 21.2. The third-order valence-corrected chi connectivity index (χ3v) is 6.11. The third kappa shape index (κ3) is 7.54. The molecule has 0 radical (unpaired) electrons. The van der Waals surface area contributed by atoms with Crippen molar-refractivity contribution in [1.29, 1.82) is 0 Å². The van der Waals surface area contributed by atoms with Crippen LogP contribution < -0.4 is 24.4 Å². The van der Waals surface area contributed by atoms with E-state index in [1.165, 1.54) is 0 Å². The summed E-state index contributed by atoms with van der Waals surface area (Å²) in [6.07, 6.45) is -1.79. The van der Waals surface area contributed by atoms with Crippen LogP contribution in [0.1, 0.15) is 25.0 Å². The number of nitrogens with zero attached hydrogens (tertiary/aromatic N) is 1. The molecule has 3 aromatic rings. The van der Waals surface area contributed by atoms with Gasteiger partial charge in [0.15, 0.2) is 11.5 Å². The maximum Gasteiger partial charge on any atom is 0.404 e. The highest BCUT2D eigenvalue weighted by Crippen LogP contribution is 2.35. The fraction of sp³-hybridized carbons (Fsp3) is 0.345. The number of aliphatic hydroxyl groups excluding tert-OH is 1. The molecule has 0 saturated carbocycles. The molecule has 3 aromatic carbocycles. The van der Waals surface area contributed by atoms with Crippen LogP contribution in [0.5, 0.6) is 17.2 Å². The van der Waals surface area contributed by atoms with Crippen LogP contribution in [0.3, 0.4) is 0 Å². The smallest absolute Gasteiger partial charge is 0.404 e. The molecule has 2 atom stereocenters. The van der Waals surface area contributed by atoms with Crippen LogP contribution in [0.15, 0.2) is 72.8 Å². The van der Waals surface area contributed by atoms with Crippen molar-refractivity contribution in [2.45, 2.75) is 39.0 Å². The van der Waals surface area contributed by atoms with Crippen molar-refractivity contribution in [3.05, 3.63) is 83.9 Å². The van der Waals surface area contributed by atoms with Crippen LogP contribution in [0, 0.1) is 5.92 Å². The maximum absolute atomic E-state index is 11.6. The molecule has 37 heavy (non-hydrogen) atoms. The van der Waals surface area contributed by atoms with Crippen molar-refractivity contribution >= 4 is 11.8 Å². The number of rotatable bonds is 12. The number of amides is 1. The minimum atomic E-state index is -1.18. The van der Waals surface area contributed by atoms with Gasteiger partial charge in [0.1, 0.15) is 12.4 Å². The number of carbonyl (C=O) groups is 1. The highest BCUT2D eigenvalue weighted by molar-refractivity contribution is 5.65. The lowest BCUT2D eigenvalue weighted by molar-refractivity contribution is 0.123. The minimum Gasteiger partial charge on any atom is -0.489 e. The van der Waals surface area contributed by atoms with Crippen LogP contribution in [-0.4, -0.2) is 48.3 Å². The summed E-state index contributed by atoms with van der Waals surface area (Å²) in [4.78, 5) is 13.6. The standard InChI is InChI=1S/C29H34N2O6/c1-20(2)16-31(23-10-13-27-28(15-23)37-19-36-27)17-26(32)25(30-29(33)34)14-21-8-11-24(12-9-21)35-18-22-6-4-3-5-7-22/h3-13,15,20,25-26,30,32H,14,16-19H2,1-2H3,(H,33,34)/t25-,26-/m0/s1. The normalized spacial score (nSPS) is 13.7. The molecule has 1 aliphatic heterocycles. The fourth-order valence-corrected chi connectivity index (χ4v) is 4.32. The third-order valence-electron chi connectivity index (χ3n) is 6.11. The van der Waals surface area contributed by atoms with Crippen molar-refractivity contribution in [3.63, 3.8) is 0 Å². The van der Waals surface area contributed by atoms with E-state index in [0.29, 0.717) is 37.0 Å². The van der Waals surface area contributed by atoms with E-state index in [1.54, 1.807) is 0 Å². The molecule has 196 valence electrons. The Morgan fingerprint density at radius 3 is 2.41 bits per heavy atom. The lowest BCUT2D eigenvalue weighted by Gasteiger charge is -2.32. The average Bonchev–Trinajstić information content (AvgIpc) is 3.35. The topological polar surface area (TPSA) is 100 Å². The Bertz CT molecular complexity index is 1150. The summed E-state index contributed by atoms with van der Waals surface area (Å²) >= 11 is 0. The Hall–Kier alpha value is -3.91. The summed E-state index contributed by atoms with van der Waals surface area (Å²) in [6.45, 7) is 5.78. The van der Waals surface area contributed by atoms with Gasteiger partial charge in [-0.1, -0.05) is 56.3 Å². The second kappa shape index (κ2) is 12.4. The van der Waals surface area contributed by atoms with Gasteiger partial charge in [-0.25, -0.2) is 4.79 Å². The number of aliphatic hydroxyl groups is 1. The van der Waals surface area contributed by atoms with Crippen LogP contribution >= 0.6 is 0 Å². The second-order valence-electron chi connectivity index (χ2n) is 9.58. The van der Waals surface area contributed by atoms with E-state index >= 15 is 0 Å². The number of hydrogen-bond donors (Lipinski definition) is 3. The average molecular weight is 507 g/mol. The van der Waals surface area contributed by atoms with Gasteiger partial charge in [0.25, 0.3) is 0 Å². The van der Waals surface area contributed by atoms with E-state index in [2.05, 4.69) is 19.2 Å². The van der Waals surface area contributed by atoms with Crippen LogP contribution in [0.2, 0.25) is 0 Å². The molecule has 1 amide bonds. The molecule has 4 rings (SSSR count). The largest absolute Gasteiger partial charge is 0.489 e. The molecule has 0 aliphatic carbocycles. The lowest BCUT2D eigenvalue weighted by Crippen LogP contribution is -2.49. The molecular weight excluding hydrogens is 472 g/mol. The molecule has 1 aliphatic rings. The fourth-order valence-electron chi connectivity index (χ4n) is 4.32. The van der Waals surface area contributed by atoms with Crippen LogP contribution in [0.4, 0.5) is 10.5 Å². The van der Waals surface area contributed by atoms with Crippen molar-refractivity contribution < 1.29 is 29.2 Å². The SMILES string of the molecule is CC(C)CN(C[C@H](O)[C@H](Cc1ccc(OCc2ccccc2)cc1)NC(=O)O)c1ccc2c(c1)OCO2. The monoisotopic (exact) mass is 506 g/mol. The first-order valence-electron chi connectivity index (χ1n) is 12.4. The van der Waals surface area contributed by atoms with Gasteiger partial charge < -0.3 is 34.6 Å². The number of nitrogens with one attached hydrogen (secondary N) is 1. The highest BCUT2D eigenvalue weighted by atomic mass is 16.7. The van der Waals surface area contributed by atoms with Gasteiger partial charge in [0.05, 0.1) is 12.1 Å².